The van der Waals surface area contributed by atoms with Crippen LogP contribution in [0.4, 0.5) is 8.78 Å². The number of aliphatic imine (C=N–C) groups is 1. The second kappa shape index (κ2) is 7.77. The van der Waals surface area contributed by atoms with Gasteiger partial charge in [-0.1, -0.05) is 0 Å². The molecular weight excluding hydrogens is 332 g/mol. The van der Waals surface area contributed by atoms with Gasteiger partial charge in [0, 0.05) is 45.6 Å². The number of halogens is 2. The highest BCUT2D eigenvalue weighted by Gasteiger charge is 2.35. The van der Waals surface area contributed by atoms with E-state index in [1.807, 2.05) is 23.6 Å². The smallest absolute Gasteiger partial charge is 0.319 e. The van der Waals surface area contributed by atoms with Crippen molar-refractivity contribution in [1.82, 2.24) is 24.7 Å². The molecule has 1 aliphatic rings. The molecule has 3 N–H and O–H groups in total. The van der Waals surface area contributed by atoms with Crippen LogP contribution in [0, 0.1) is 0 Å². The Morgan fingerprint density at radius 3 is 2.56 bits per heavy atom. The first-order valence-electron chi connectivity index (χ1n) is 8.07. The first-order valence-corrected chi connectivity index (χ1v) is 8.07. The molecule has 0 atom stereocenters. The Kier molecular flexibility index (Phi) is 5.93. The van der Waals surface area contributed by atoms with Crippen LogP contribution < -0.4 is 11.1 Å². The Hall–Kier alpha value is -2.23. The van der Waals surface area contributed by atoms with Crippen molar-refractivity contribution < 1.29 is 13.6 Å². The van der Waals surface area contributed by atoms with E-state index in [2.05, 4.69) is 15.3 Å². The number of rotatable bonds is 5. The molecule has 1 aromatic heterocycles. The standard InChI is InChI=1S/C15H25F2N7O/c1-15(2,12(18)25)23-8-6-22(7-9-23)14(19-3)21-10-11-20-4-5-24(11)13(16)17/h4-5,13H,6-10H2,1-3H3,(H2,18,25)(H,19,21). The maximum absolute atomic E-state index is 12.9. The molecule has 0 saturated carbocycles. The predicted molar refractivity (Wildman–Crippen MR) is 90.1 cm³/mol. The molecule has 25 heavy (non-hydrogen) atoms. The monoisotopic (exact) mass is 357 g/mol. The molecule has 0 bridgehead atoms. The van der Waals surface area contributed by atoms with Crippen LogP contribution in [0.15, 0.2) is 17.4 Å². The van der Waals surface area contributed by atoms with Crippen molar-refractivity contribution in [2.75, 3.05) is 33.2 Å². The highest BCUT2D eigenvalue weighted by molar-refractivity contribution is 5.84. The minimum Gasteiger partial charge on any atom is -0.368 e. The van der Waals surface area contributed by atoms with Gasteiger partial charge in [-0.2, -0.15) is 8.78 Å². The van der Waals surface area contributed by atoms with E-state index in [9.17, 15) is 13.6 Å². The van der Waals surface area contributed by atoms with Crippen LogP contribution in [0.25, 0.3) is 0 Å². The Morgan fingerprint density at radius 2 is 2.04 bits per heavy atom. The Morgan fingerprint density at radius 1 is 1.40 bits per heavy atom. The molecular formula is C15H25F2N7O. The average molecular weight is 357 g/mol. The molecule has 1 aromatic rings. The summed E-state index contributed by atoms with van der Waals surface area (Å²) in [5, 5.41) is 3.06. The second-order valence-electron chi connectivity index (χ2n) is 6.33. The van der Waals surface area contributed by atoms with Crippen molar-refractivity contribution >= 4 is 11.9 Å². The number of piperazine rings is 1. The molecule has 2 rings (SSSR count). The van der Waals surface area contributed by atoms with Crippen molar-refractivity contribution in [1.29, 1.82) is 0 Å². The molecule has 0 aromatic carbocycles. The summed E-state index contributed by atoms with van der Waals surface area (Å²) >= 11 is 0. The van der Waals surface area contributed by atoms with Gasteiger partial charge in [0.25, 0.3) is 0 Å². The normalized spacial score (nSPS) is 17.2. The van der Waals surface area contributed by atoms with Crippen molar-refractivity contribution in [3.8, 4) is 0 Å². The van der Waals surface area contributed by atoms with Gasteiger partial charge in [-0.05, 0) is 13.8 Å². The summed E-state index contributed by atoms with van der Waals surface area (Å²) in [6.45, 7) is 3.76. The van der Waals surface area contributed by atoms with Crippen LogP contribution in [0.2, 0.25) is 0 Å². The van der Waals surface area contributed by atoms with Gasteiger partial charge in [-0.3, -0.25) is 19.3 Å². The van der Waals surface area contributed by atoms with E-state index in [0.29, 0.717) is 32.1 Å². The van der Waals surface area contributed by atoms with Crippen molar-refractivity contribution in [3.63, 3.8) is 0 Å². The molecule has 1 saturated heterocycles. The summed E-state index contributed by atoms with van der Waals surface area (Å²) in [5.41, 5.74) is 4.76. The van der Waals surface area contributed by atoms with E-state index < -0.39 is 12.1 Å². The zero-order valence-electron chi connectivity index (χ0n) is 14.7. The molecule has 0 aliphatic carbocycles. The SMILES string of the molecule is CN=C(NCc1nccn1C(F)F)N1CCN(C(C)(C)C(N)=O)CC1. The molecule has 0 spiro atoms. The minimum atomic E-state index is -2.62. The third-order valence-corrected chi connectivity index (χ3v) is 4.55. The van der Waals surface area contributed by atoms with Crippen LogP contribution in [0.3, 0.4) is 0 Å². The topological polar surface area (TPSA) is 91.8 Å². The fourth-order valence-electron chi connectivity index (χ4n) is 2.78. The number of alkyl halides is 2. The number of carbonyl (C=O) groups is 1. The molecule has 0 unspecified atom stereocenters. The lowest BCUT2D eigenvalue weighted by atomic mass is 10.0. The van der Waals surface area contributed by atoms with E-state index in [0.717, 1.165) is 4.57 Å². The molecule has 10 heteroatoms. The van der Waals surface area contributed by atoms with Crippen molar-refractivity contribution in [3.05, 3.63) is 18.2 Å². The van der Waals surface area contributed by atoms with Gasteiger partial charge < -0.3 is 16.0 Å². The van der Waals surface area contributed by atoms with Gasteiger partial charge in [0.1, 0.15) is 5.82 Å². The molecule has 8 nitrogen and oxygen atoms in total. The van der Waals surface area contributed by atoms with E-state index in [1.54, 1.807) is 7.05 Å². The van der Waals surface area contributed by atoms with E-state index in [1.165, 1.54) is 12.4 Å². The molecule has 0 radical (unpaired) electrons. The summed E-state index contributed by atoms with van der Waals surface area (Å²) in [5.74, 6) is 0.493. The number of nitrogens with zero attached hydrogens (tertiary/aromatic N) is 5. The largest absolute Gasteiger partial charge is 0.368 e. The number of aromatic nitrogens is 2. The minimum absolute atomic E-state index is 0.150. The second-order valence-corrected chi connectivity index (χ2v) is 6.33. The van der Waals surface area contributed by atoms with Crippen molar-refractivity contribution in [2.24, 2.45) is 10.7 Å². The van der Waals surface area contributed by atoms with Gasteiger partial charge in [-0.25, -0.2) is 4.98 Å². The highest BCUT2D eigenvalue weighted by Crippen LogP contribution is 2.17. The first kappa shape index (κ1) is 19.1. The van der Waals surface area contributed by atoms with Crippen LogP contribution in [0.1, 0.15) is 26.2 Å². The molecule has 1 aliphatic heterocycles. The van der Waals surface area contributed by atoms with Gasteiger partial charge in [0.2, 0.25) is 5.91 Å². The molecule has 2 heterocycles. The zero-order valence-corrected chi connectivity index (χ0v) is 14.7. The maximum Gasteiger partial charge on any atom is 0.319 e. The summed E-state index contributed by atoms with van der Waals surface area (Å²) in [6, 6.07) is 0. The number of hydrogen-bond acceptors (Lipinski definition) is 4. The molecule has 1 fully saturated rings. The lowest BCUT2D eigenvalue weighted by Gasteiger charge is -2.43. The molecule has 1 amide bonds. The Labute approximate surface area is 145 Å². The summed E-state index contributed by atoms with van der Waals surface area (Å²) in [7, 11) is 1.64. The van der Waals surface area contributed by atoms with Crippen LogP contribution in [-0.2, 0) is 11.3 Å². The van der Waals surface area contributed by atoms with Gasteiger partial charge in [0.05, 0.1) is 12.1 Å². The Bertz CT molecular complexity index is 621. The zero-order chi connectivity index (χ0) is 18.6. The lowest BCUT2D eigenvalue weighted by molar-refractivity contribution is -0.129. The van der Waals surface area contributed by atoms with Crippen LogP contribution >= 0.6 is 0 Å². The number of amides is 1. The molecule has 140 valence electrons. The summed E-state index contributed by atoms with van der Waals surface area (Å²) < 4.78 is 26.5. The summed E-state index contributed by atoms with van der Waals surface area (Å²) in [4.78, 5) is 23.8. The predicted octanol–water partition coefficient (Wildman–Crippen LogP) is 0.235. The number of carbonyl (C=O) groups excluding carboxylic acids is 1. The lowest BCUT2D eigenvalue weighted by Crippen LogP contribution is -2.61. The number of primary amides is 1. The van der Waals surface area contributed by atoms with Gasteiger partial charge in [-0.15, -0.1) is 0 Å². The van der Waals surface area contributed by atoms with Crippen molar-refractivity contribution in [2.45, 2.75) is 32.5 Å². The number of nitrogens with two attached hydrogens (primary N) is 1. The van der Waals surface area contributed by atoms with Crippen LogP contribution in [-0.4, -0.2) is 70.0 Å². The Balaban J connectivity index is 1.93. The van der Waals surface area contributed by atoms with Gasteiger partial charge >= 0.3 is 6.55 Å². The number of guanidine groups is 1. The number of hydrogen-bond donors (Lipinski definition) is 2. The maximum atomic E-state index is 12.9. The van der Waals surface area contributed by atoms with E-state index >= 15 is 0 Å². The number of imidazole rings is 1. The fourth-order valence-corrected chi connectivity index (χ4v) is 2.78. The van der Waals surface area contributed by atoms with Gasteiger partial charge in [0.15, 0.2) is 5.96 Å². The average Bonchev–Trinajstić information content (AvgIpc) is 3.04. The number of nitrogens with one attached hydrogen (secondary N) is 1. The fraction of sp³-hybridized carbons (Fsp3) is 0.667. The quantitative estimate of drug-likeness (QED) is 0.582. The van der Waals surface area contributed by atoms with Crippen LogP contribution in [0.5, 0.6) is 0 Å². The third kappa shape index (κ3) is 4.25. The summed E-state index contributed by atoms with van der Waals surface area (Å²) in [6.07, 6.45) is 2.59. The van der Waals surface area contributed by atoms with E-state index in [-0.39, 0.29) is 18.3 Å². The third-order valence-electron chi connectivity index (χ3n) is 4.55. The van der Waals surface area contributed by atoms with E-state index in [4.69, 9.17) is 5.73 Å². The first-order chi connectivity index (χ1) is 11.8. The highest BCUT2D eigenvalue weighted by atomic mass is 19.3.